The first kappa shape index (κ1) is 21.2. The number of ether oxygens (including phenoxy) is 1. The van der Waals surface area contributed by atoms with Gasteiger partial charge in [0.25, 0.3) is 5.91 Å². The van der Waals surface area contributed by atoms with E-state index in [0.29, 0.717) is 18.1 Å². The van der Waals surface area contributed by atoms with Crippen molar-refractivity contribution in [3.8, 4) is 5.75 Å². The summed E-state index contributed by atoms with van der Waals surface area (Å²) in [6.07, 6.45) is 3.28. The fraction of sp³-hybridized carbons (Fsp3) is 0.458. The van der Waals surface area contributed by atoms with Gasteiger partial charge in [0.1, 0.15) is 5.75 Å². The lowest BCUT2D eigenvalue weighted by Crippen LogP contribution is -2.27. The molecule has 1 aliphatic rings. The highest BCUT2D eigenvalue weighted by Gasteiger charge is 2.22. The van der Waals surface area contributed by atoms with Gasteiger partial charge in [0.2, 0.25) is 0 Å². The van der Waals surface area contributed by atoms with Crippen LogP contribution in [0.4, 0.5) is 11.4 Å². The second-order valence-electron chi connectivity index (χ2n) is 7.90. The van der Waals surface area contributed by atoms with Crippen molar-refractivity contribution in [2.75, 3.05) is 36.5 Å². The van der Waals surface area contributed by atoms with Crippen LogP contribution in [0.3, 0.4) is 0 Å². The average molecular weight is 397 g/mol. The number of unbranched alkanes of at least 4 members (excludes halogenated alkanes) is 1. The molecule has 156 valence electrons. The van der Waals surface area contributed by atoms with E-state index in [-0.39, 0.29) is 12.5 Å². The summed E-state index contributed by atoms with van der Waals surface area (Å²) in [5.74, 6) is 1.36. The van der Waals surface area contributed by atoms with E-state index in [1.54, 1.807) is 24.1 Å². The molecule has 0 aliphatic carbocycles. The van der Waals surface area contributed by atoms with Gasteiger partial charge in [-0.25, -0.2) is 0 Å². The average Bonchev–Trinajstić information content (AvgIpc) is 3.19. The molecular weight excluding hydrogens is 364 g/mol. The minimum atomic E-state index is -0.0865. The Kier molecular flexibility index (Phi) is 7.15. The molecule has 1 fully saturated rings. The van der Waals surface area contributed by atoms with Crippen molar-refractivity contribution in [3.05, 3.63) is 53.6 Å². The van der Waals surface area contributed by atoms with Crippen LogP contribution in [-0.4, -0.2) is 37.8 Å². The van der Waals surface area contributed by atoms with E-state index in [1.165, 1.54) is 6.42 Å². The topological polar surface area (TPSA) is 53.0 Å². The smallest absolute Gasteiger partial charge is 0.258 e. The molecule has 2 aromatic rings. The van der Waals surface area contributed by atoms with Gasteiger partial charge >= 0.3 is 0 Å². The summed E-state index contributed by atoms with van der Waals surface area (Å²) in [5.41, 5.74) is 3.31. The predicted molar refractivity (Wildman–Crippen MR) is 118 cm³/mol. The minimum Gasteiger partial charge on any atom is -0.494 e. The molecule has 5 nitrogen and oxygen atoms in total. The van der Waals surface area contributed by atoms with Gasteiger partial charge < -0.3 is 19.6 Å². The largest absolute Gasteiger partial charge is 0.494 e. The first-order valence-corrected chi connectivity index (χ1v) is 10.5. The zero-order chi connectivity index (χ0) is 20.8. The van der Waals surface area contributed by atoms with Gasteiger partial charge in [0.05, 0.1) is 13.2 Å². The number of hydrogen-bond donors (Lipinski definition) is 1. The van der Waals surface area contributed by atoms with Crippen LogP contribution in [0.15, 0.2) is 42.5 Å². The number of hydrogen-bond acceptors (Lipinski definition) is 4. The van der Waals surface area contributed by atoms with Gasteiger partial charge in [0.15, 0.2) is 0 Å². The molecule has 2 aromatic carbocycles. The van der Waals surface area contributed by atoms with Crippen LogP contribution >= 0.6 is 0 Å². The predicted octanol–water partition coefficient (Wildman–Crippen LogP) is 4.48. The molecule has 0 spiro atoms. The fourth-order valence-electron chi connectivity index (χ4n) is 3.71. The molecule has 1 aliphatic heterocycles. The highest BCUT2D eigenvalue weighted by atomic mass is 16.5. The van der Waals surface area contributed by atoms with E-state index in [1.807, 2.05) is 30.3 Å². The Bertz CT molecular complexity index is 819. The second-order valence-corrected chi connectivity index (χ2v) is 7.90. The lowest BCUT2D eigenvalue weighted by Gasteiger charge is -2.24. The van der Waals surface area contributed by atoms with Crippen molar-refractivity contribution in [3.63, 3.8) is 0 Å². The van der Waals surface area contributed by atoms with Crippen LogP contribution in [0.2, 0.25) is 0 Å². The molecule has 5 heteroatoms. The monoisotopic (exact) mass is 396 g/mol. The van der Waals surface area contributed by atoms with E-state index in [2.05, 4.69) is 18.7 Å². The molecule has 0 saturated carbocycles. The van der Waals surface area contributed by atoms with Crippen molar-refractivity contribution in [1.82, 2.24) is 0 Å². The summed E-state index contributed by atoms with van der Waals surface area (Å²) < 4.78 is 5.67. The highest BCUT2D eigenvalue weighted by molar-refractivity contribution is 6.05. The number of benzene rings is 2. The van der Waals surface area contributed by atoms with Gasteiger partial charge in [-0.2, -0.15) is 0 Å². The maximum atomic E-state index is 12.9. The van der Waals surface area contributed by atoms with Gasteiger partial charge in [0, 0.05) is 42.6 Å². The number of aliphatic hydroxyl groups is 1. The van der Waals surface area contributed by atoms with E-state index in [9.17, 15) is 9.90 Å². The van der Waals surface area contributed by atoms with Crippen molar-refractivity contribution >= 4 is 17.3 Å². The van der Waals surface area contributed by atoms with Gasteiger partial charge in [-0.15, -0.1) is 0 Å². The Hall–Kier alpha value is -2.53. The Morgan fingerprint density at radius 3 is 2.62 bits per heavy atom. The molecule has 1 heterocycles. The molecule has 0 aromatic heterocycles. The summed E-state index contributed by atoms with van der Waals surface area (Å²) >= 11 is 0. The fourth-order valence-corrected chi connectivity index (χ4v) is 3.71. The number of rotatable bonds is 8. The summed E-state index contributed by atoms with van der Waals surface area (Å²) in [7, 11) is 1.77. The van der Waals surface area contributed by atoms with E-state index < -0.39 is 0 Å². The van der Waals surface area contributed by atoms with Gasteiger partial charge in [-0.3, -0.25) is 4.79 Å². The second kappa shape index (κ2) is 9.79. The van der Waals surface area contributed by atoms with Crippen LogP contribution < -0.4 is 14.5 Å². The molecule has 1 unspecified atom stereocenters. The molecular formula is C24H32N2O3. The number of anilines is 2. The van der Waals surface area contributed by atoms with Gasteiger partial charge in [-0.1, -0.05) is 20.3 Å². The third-order valence-electron chi connectivity index (χ3n) is 5.56. The normalized spacial score (nSPS) is 16.1. The van der Waals surface area contributed by atoms with Crippen molar-refractivity contribution in [2.45, 2.75) is 39.7 Å². The summed E-state index contributed by atoms with van der Waals surface area (Å²) in [5, 5.41) is 9.88. The number of nitrogens with zero attached hydrogens (tertiary/aromatic N) is 2. The standard InChI is InChI=1S/C24H32N2O3/c1-4-5-14-29-22-9-6-19(7-10-22)24(28)25(3)21-8-11-23(20(15-21)17-27)26-13-12-18(2)16-26/h6-11,15,18,27H,4-5,12-14,16-17H2,1-3H3. The van der Waals surface area contributed by atoms with Crippen molar-refractivity contribution in [1.29, 1.82) is 0 Å². The quantitative estimate of drug-likeness (QED) is 0.669. The maximum absolute atomic E-state index is 12.9. The maximum Gasteiger partial charge on any atom is 0.258 e. The molecule has 29 heavy (non-hydrogen) atoms. The Morgan fingerprint density at radius 2 is 2.00 bits per heavy atom. The highest BCUT2D eigenvalue weighted by Crippen LogP contribution is 2.30. The van der Waals surface area contributed by atoms with E-state index in [0.717, 1.165) is 48.6 Å². The Morgan fingerprint density at radius 1 is 1.24 bits per heavy atom. The SMILES string of the molecule is CCCCOc1ccc(C(=O)N(C)c2ccc(N3CCC(C)C3)c(CO)c2)cc1. The van der Waals surface area contributed by atoms with Crippen LogP contribution in [0.25, 0.3) is 0 Å². The zero-order valence-electron chi connectivity index (χ0n) is 17.7. The van der Waals surface area contributed by atoms with Gasteiger partial charge in [-0.05, 0) is 61.2 Å². The van der Waals surface area contributed by atoms with E-state index >= 15 is 0 Å². The summed E-state index contributed by atoms with van der Waals surface area (Å²) in [6.45, 7) is 7.04. The van der Waals surface area contributed by atoms with Crippen molar-refractivity contribution < 1.29 is 14.6 Å². The van der Waals surface area contributed by atoms with Crippen LogP contribution in [-0.2, 0) is 6.61 Å². The molecule has 0 radical (unpaired) electrons. The molecule has 1 atom stereocenters. The molecule has 1 N–H and O–H groups in total. The van der Waals surface area contributed by atoms with Crippen LogP contribution in [0, 0.1) is 5.92 Å². The minimum absolute atomic E-state index is 0.0418. The molecule has 1 saturated heterocycles. The Labute approximate surface area is 173 Å². The molecule has 3 rings (SSSR count). The van der Waals surface area contributed by atoms with Crippen LogP contribution in [0.5, 0.6) is 5.75 Å². The van der Waals surface area contributed by atoms with E-state index in [4.69, 9.17) is 4.74 Å². The number of amides is 1. The number of carbonyl (C=O) groups excluding carboxylic acids is 1. The summed E-state index contributed by atoms with van der Waals surface area (Å²) in [4.78, 5) is 16.9. The van der Waals surface area contributed by atoms with Crippen LogP contribution in [0.1, 0.15) is 49.0 Å². The third-order valence-corrected chi connectivity index (χ3v) is 5.56. The number of aliphatic hydroxyl groups excluding tert-OH is 1. The lowest BCUT2D eigenvalue weighted by molar-refractivity contribution is 0.0993. The third kappa shape index (κ3) is 5.10. The zero-order valence-corrected chi connectivity index (χ0v) is 17.7. The lowest BCUT2D eigenvalue weighted by atomic mass is 10.1. The van der Waals surface area contributed by atoms with Crippen molar-refractivity contribution in [2.24, 2.45) is 5.92 Å². The summed E-state index contributed by atoms with van der Waals surface area (Å²) in [6, 6.07) is 13.2. The first-order chi connectivity index (χ1) is 14.0. The number of carbonyl (C=O) groups is 1. The molecule has 1 amide bonds. The first-order valence-electron chi connectivity index (χ1n) is 10.5. The molecule has 0 bridgehead atoms. The Balaban J connectivity index is 1.72.